The van der Waals surface area contributed by atoms with Crippen molar-refractivity contribution in [1.29, 1.82) is 0 Å². The summed E-state index contributed by atoms with van der Waals surface area (Å²) in [5.41, 5.74) is 1.09. The molecule has 88 valence electrons. The molecule has 16 heavy (non-hydrogen) atoms. The maximum Gasteiger partial charge on any atom is 0.224 e. The summed E-state index contributed by atoms with van der Waals surface area (Å²) >= 11 is 0. The largest absolute Gasteiger partial charge is 0.353 e. The van der Waals surface area contributed by atoms with Gasteiger partial charge in [-0.2, -0.15) is 0 Å². The van der Waals surface area contributed by atoms with Crippen LogP contribution in [0.15, 0.2) is 30.3 Å². The van der Waals surface area contributed by atoms with Gasteiger partial charge in [0.2, 0.25) is 5.91 Å². The van der Waals surface area contributed by atoms with E-state index in [0.29, 0.717) is 12.5 Å². The fourth-order valence-corrected chi connectivity index (χ4v) is 2.13. The van der Waals surface area contributed by atoms with E-state index in [-0.39, 0.29) is 18.3 Å². The highest BCUT2D eigenvalue weighted by Crippen LogP contribution is 2.17. The smallest absolute Gasteiger partial charge is 0.224 e. The fraction of sp³-hybridized carbons (Fsp3) is 0.462. The Morgan fingerprint density at radius 3 is 2.44 bits per heavy atom. The number of carbonyl (C=O) groups excluding carboxylic acids is 1. The van der Waals surface area contributed by atoms with Crippen LogP contribution in [0.25, 0.3) is 0 Å². The van der Waals surface area contributed by atoms with Gasteiger partial charge in [-0.25, -0.2) is 0 Å². The quantitative estimate of drug-likeness (QED) is 0.864. The average molecular weight is 240 g/mol. The van der Waals surface area contributed by atoms with Gasteiger partial charge in [0.15, 0.2) is 0 Å². The number of hydrogen-bond acceptors (Lipinski definition) is 1. The van der Waals surface area contributed by atoms with Gasteiger partial charge in [0, 0.05) is 6.04 Å². The van der Waals surface area contributed by atoms with E-state index in [2.05, 4.69) is 5.32 Å². The first-order valence-electron chi connectivity index (χ1n) is 5.68. The summed E-state index contributed by atoms with van der Waals surface area (Å²) in [5, 5.41) is 3.09. The third kappa shape index (κ3) is 3.86. The second-order valence-corrected chi connectivity index (χ2v) is 4.21. The minimum Gasteiger partial charge on any atom is -0.353 e. The Morgan fingerprint density at radius 1 is 1.19 bits per heavy atom. The molecule has 0 atom stereocenters. The highest BCUT2D eigenvalue weighted by Gasteiger charge is 2.16. The Kier molecular flexibility index (Phi) is 5.33. The molecule has 0 unspecified atom stereocenters. The molecule has 1 aromatic rings. The molecule has 2 rings (SSSR count). The highest BCUT2D eigenvalue weighted by atomic mass is 35.5. The molecule has 0 aliphatic heterocycles. The number of benzene rings is 1. The maximum atomic E-state index is 11.7. The Morgan fingerprint density at radius 2 is 1.81 bits per heavy atom. The maximum absolute atomic E-state index is 11.7. The molecular formula is C13H18ClNO. The Balaban J connectivity index is 0.00000128. The average Bonchev–Trinajstić information content (AvgIpc) is 2.71. The van der Waals surface area contributed by atoms with Crippen molar-refractivity contribution in [3.8, 4) is 0 Å². The molecule has 1 N–H and O–H groups in total. The van der Waals surface area contributed by atoms with Gasteiger partial charge in [-0.05, 0) is 18.4 Å². The second kappa shape index (κ2) is 6.54. The van der Waals surface area contributed by atoms with Crippen molar-refractivity contribution >= 4 is 18.3 Å². The van der Waals surface area contributed by atoms with E-state index in [4.69, 9.17) is 0 Å². The minimum absolute atomic E-state index is 0. The van der Waals surface area contributed by atoms with Crippen LogP contribution in [0.1, 0.15) is 31.2 Å². The Bertz CT molecular complexity index is 320. The first-order valence-corrected chi connectivity index (χ1v) is 5.68. The zero-order valence-corrected chi connectivity index (χ0v) is 10.1. The topological polar surface area (TPSA) is 29.1 Å². The predicted molar refractivity (Wildman–Crippen MR) is 67.8 cm³/mol. The van der Waals surface area contributed by atoms with E-state index in [1.807, 2.05) is 30.3 Å². The Labute approximate surface area is 103 Å². The summed E-state index contributed by atoms with van der Waals surface area (Å²) in [6.07, 6.45) is 5.34. The fourth-order valence-electron chi connectivity index (χ4n) is 2.13. The summed E-state index contributed by atoms with van der Waals surface area (Å²) in [6, 6.07) is 10.3. The number of amides is 1. The molecule has 0 bridgehead atoms. The molecule has 1 saturated carbocycles. The summed E-state index contributed by atoms with van der Waals surface area (Å²) in [7, 11) is 0. The second-order valence-electron chi connectivity index (χ2n) is 4.21. The monoisotopic (exact) mass is 239 g/mol. The number of rotatable bonds is 3. The van der Waals surface area contributed by atoms with E-state index in [1.165, 1.54) is 12.8 Å². The molecule has 0 saturated heterocycles. The van der Waals surface area contributed by atoms with Gasteiger partial charge in [-0.1, -0.05) is 43.2 Å². The van der Waals surface area contributed by atoms with Crippen LogP contribution < -0.4 is 5.32 Å². The molecule has 1 aliphatic carbocycles. The molecule has 3 heteroatoms. The number of carbonyl (C=O) groups is 1. The molecule has 0 heterocycles. The van der Waals surface area contributed by atoms with Crippen LogP contribution in [-0.4, -0.2) is 11.9 Å². The van der Waals surface area contributed by atoms with Gasteiger partial charge >= 0.3 is 0 Å². The van der Waals surface area contributed by atoms with Crippen molar-refractivity contribution in [2.45, 2.75) is 38.1 Å². The van der Waals surface area contributed by atoms with Gasteiger partial charge in [-0.15, -0.1) is 12.4 Å². The zero-order valence-electron chi connectivity index (χ0n) is 9.32. The van der Waals surface area contributed by atoms with Gasteiger partial charge in [-0.3, -0.25) is 4.79 Å². The minimum atomic E-state index is 0. The molecule has 1 fully saturated rings. The summed E-state index contributed by atoms with van der Waals surface area (Å²) < 4.78 is 0. The molecule has 0 radical (unpaired) electrons. The van der Waals surface area contributed by atoms with E-state index < -0.39 is 0 Å². The molecule has 1 aliphatic rings. The lowest BCUT2D eigenvalue weighted by Gasteiger charge is -2.11. The third-order valence-electron chi connectivity index (χ3n) is 2.93. The van der Waals surface area contributed by atoms with Crippen molar-refractivity contribution in [2.75, 3.05) is 0 Å². The molecule has 1 aromatic carbocycles. The van der Waals surface area contributed by atoms with Crippen LogP contribution in [-0.2, 0) is 11.2 Å². The van der Waals surface area contributed by atoms with Crippen LogP contribution in [0.5, 0.6) is 0 Å². The predicted octanol–water partition coefficient (Wildman–Crippen LogP) is 2.71. The normalized spacial score (nSPS) is 15.5. The highest BCUT2D eigenvalue weighted by molar-refractivity contribution is 5.85. The number of hydrogen-bond donors (Lipinski definition) is 1. The summed E-state index contributed by atoms with van der Waals surface area (Å²) in [4.78, 5) is 11.7. The first kappa shape index (κ1) is 13.0. The lowest BCUT2D eigenvalue weighted by Crippen LogP contribution is -2.33. The van der Waals surface area contributed by atoms with Gasteiger partial charge in [0.05, 0.1) is 6.42 Å². The van der Waals surface area contributed by atoms with E-state index in [0.717, 1.165) is 18.4 Å². The van der Waals surface area contributed by atoms with Crippen LogP contribution in [0.2, 0.25) is 0 Å². The third-order valence-corrected chi connectivity index (χ3v) is 2.93. The molecule has 0 aromatic heterocycles. The first-order chi connectivity index (χ1) is 7.34. The van der Waals surface area contributed by atoms with Gasteiger partial charge in [0.25, 0.3) is 0 Å². The zero-order chi connectivity index (χ0) is 10.5. The Hall–Kier alpha value is -1.02. The van der Waals surface area contributed by atoms with E-state index >= 15 is 0 Å². The lowest BCUT2D eigenvalue weighted by molar-refractivity contribution is -0.121. The lowest BCUT2D eigenvalue weighted by atomic mass is 10.1. The SMILES string of the molecule is Cl.O=C(Cc1ccccc1)NC1CCCC1. The van der Waals surface area contributed by atoms with Gasteiger partial charge in [0.1, 0.15) is 0 Å². The standard InChI is InChI=1S/C13H17NO.ClH/c15-13(14-12-8-4-5-9-12)10-11-6-2-1-3-7-11;/h1-3,6-7,12H,4-5,8-10H2,(H,14,15);1H. The molecule has 0 spiro atoms. The van der Waals surface area contributed by atoms with Crippen LogP contribution in [0.3, 0.4) is 0 Å². The number of halogens is 1. The summed E-state index contributed by atoms with van der Waals surface area (Å²) in [6.45, 7) is 0. The van der Waals surface area contributed by atoms with E-state index in [1.54, 1.807) is 0 Å². The van der Waals surface area contributed by atoms with Crippen LogP contribution in [0.4, 0.5) is 0 Å². The van der Waals surface area contributed by atoms with E-state index in [9.17, 15) is 4.79 Å². The molecule has 2 nitrogen and oxygen atoms in total. The van der Waals surface area contributed by atoms with Crippen LogP contribution >= 0.6 is 12.4 Å². The van der Waals surface area contributed by atoms with Crippen molar-refractivity contribution in [3.63, 3.8) is 0 Å². The molecule has 1 amide bonds. The summed E-state index contributed by atoms with van der Waals surface area (Å²) in [5.74, 6) is 0.160. The number of nitrogens with one attached hydrogen (secondary N) is 1. The van der Waals surface area contributed by atoms with Crippen molar-refractivity contribution in [3.05, 3.63) is 35.9 Å². The van der Waals surface area contributed by atoms with Gasteiger partial charge < -0.3 is 5.32 Å². The van der Waals surface area contributed by atoms with Crippen molar-refractivity contribution in [1.82, 2.24) is 5.32 Å². The van der Waals surface area contributed by atoms with Crippen molar-refractivity contribution < 1.29 is 4.79 Å². The van der Waals surface area contributed by atoms with Crippen molar-refractivity contribution in [2.24, 2.45) is 0 Å². The van der Waals surface area contributed by atoms with Crippen LogP contribution in [0, 0.1) is 0 Å². The molecular weight excluding hydrogens is 222 g/mol.